The van der Waals surface area contributed by atoms with E-state index in [0.717, 1.165) is 22.5 Å². The molecular weight excluding hydrogens is 388 g/mol. The SMILES string of the molecule is Cc1ccc(/C=C/S(=O)(=O)NCCNc2cc(-n3nc(C)cc3C)ncn2)cc1. The van der Waals surface area contributed by atoms with Gasteiger partial charge in [0.1, 0.15) is 12.1 Å². The van der Waals surface area contributed by atoms with Crippen LogP contribution in [0.25, 0.3) is 11.9 Å². The average Bonchev–Trinajstić information content (AvgIpc) is 3.03. The Labute approximate surface area is 170 Å². The second-order valence-electron chi connectivity index (χ2n) is 6.68. The van der Waals surface area contributed by atoms with Gasteiger partial charge >= 0.3 is 0 Å². The summed E-state index contributed by atoms with van der Waals surface area (Å²) in [7, 11) is -3.52. The topological polar surface area (TPSA) is 102 Å². The highest BCUT2D eigenvalue weighted by atomic mass is 32.2. The number of benzene rings is 1. The van der Waals surface area contributed by atoms with E-state index in [1.807, 2.05) is 51.1 Å². The van der Waals surface area contributed by atoms with Gasteiger partial charge in [0, 0.05) is 30.3 Å². The fourth-order valence-electron chi connectivity index (χ4n) is 2.70. The average molecular weight is 413 g/mol. The fourth-order valence-corrected chi connectivity index (χ4v) is 3.52. The molecule has 2 aromatic heterocycles. The molecule has 29 heavy (non-hydrogen) atoms. The molecule has 0 saturated heterocycles. The first-order valence-electron chi connectivity index (χ1n) is 9.16. The Morgan fingerprint density at radius 3 is 2.48 bits per heavy atom. The quantitative estimate of drug-likeness (QED) is 0.552. The smallest absolute Gasteiger partial charge is 0.233 e. The van der Waals surface area contributed by atoms with Crippen LogP contribution in [-0.2, 0) is 10.0 Å². The number of sulfonamides is 1. The van der Waals surface area contributed by atoms with E-state index < -0.39 is 10.0 Å². The maximum Gasteiger partial charge on any atom is 0.233 e. The second-order valence-corrected chi connectivity index (χ2v) is 8.33. The summed E-state index contributed by atoms with van der Waals surface area (Å²) in [5.74, 6) is 1.24. The standard InChI is InChI=1S/C20H24N6O2S/c1-15-4-6-18(7-5-15)8-11-29(27,28)24-10-9-21-19-13-20(23-14-22-19)26-17(3)12-16(2)25-26/h4-8,11-14,24H,9-10H2,1-3H3,(H,21,22,23)/b11-8+. The fraction of sp³-hybridized carbons (Fsp3) is 0.250. The summed E-state index contributed by atoms with van der Waals surface area (Å²) in [6.45, 7) is 6.46. The van der Waals surface area contributed by atoms with Gasteiger partial charge in [-0.1, -0.05) is 29.8 Å². The predicted octanol–water partition coefficient (Wildman–Crippen LogP) is 2.59. The zero-order valence-corrected chi connectivity index (χ0v) is 17.4. The van der Waals surface area contributed by atoms with Crippen LogP contribution < -0.4 is 10.0 Å². The van der Waals surface area contributed by atoms with Crippen LogP contribution in [0.4, 0.5) is 5.82 Å². The van der Waals surface area contributed by atoms with Gasteiger partial charge in [-0.3, -0.25) is 0 Å². The van der Waals surface area contributed by atoms with E-state index in [4.69, 9.17) is 0 Å². The minimum Gasteiger partial charge on any atom is -0.369 e. The number of aromatic nitrogens is 4. The highest BCUT2D eigenvalue weighted by molar-refractivity contribution is 7.92. The summed E-state index contributed by atoms with van der Waals surface area (Å²) < 4.78 is 28.5. The Morgan fingerprint density at radius 1 is 1.03 bits per heavy atom. The number of nitrogens with one attached hydrogen (secondary N) is 2. The molecule has 0 saturated carbocycles. The van der Waals surface area contributed by atoms with E-state index in [1.165, 1.54) is 11.7 Å². The third-order valence-corrected chi connectivity index (χ3v) is 5.23. The Kier molecular flexibility index (Phi) is 6.40. The number of rotatable bonds is 8. The van der Waals surface area contributed by atoms with Crippen molar-refractivity contribution in [2.24, 2.45) is 0 Å². The first-order valence-corrected chi connectivity index (χ1v) is 10.7. The Morgan fingerprint density at radius 2 is 1.79 bits per heavy atom. The highest BCUT2D eigenvalue weighted by Gasteiger charge is 2.07. The van der Waals surface area contributed by atoms with Gasteiger partial charge < -0.3 is 5.32 Å². The normalized spacial score (nSPS) is 11.8. The van der Waals surface area contributed by atoms with Crippen LogP contribution in [0.2, 0.25) is 0 Å². The zero-order chi connectivity index (χ0) is 20.9. The molecule has 2 N–H and O–H groups in total. The Balaban J connectivity index is 1.53. The van der Waals surface area contributed by atoms with Crippen LogP contribution in [0.3, 0.4) is 0 Å². The molecule has 0 amide bonds. The van der Waals surface area contributed by atoms with Crippen molar-refractivity contribution in [2.45, 2.75) is 20.8 Å². The van der Waals surface area contributed by atoms with E-state index in [9.17, 15) is 8.42 Å². The van der Waals surface area contributed by atoms with E-state index >= 15 is 0 Å². The number of nitrogens with zero attached hydrogens (tertiary/aromatic N) is 4. The van der Waals surface area contributed by atoms with E-state index in [2.05, 4.69) is 25.1 Å². The van der Waals surface area contributed by atoms with Gasteiger partial charge in [0.2, 0.25) is 10.0 Å². The monoisotopic (exact) mass is 412 g/mol. The molecular formula is C20H24N6O2S. The minimum absolute atomic E-state index is 0.222. The van der Waals surface area contributed by atoms with Gasteiger partial charge in [-0.05, 0) is 38.5 Å². The van der Waals surface area contributed by atoms with Crippen LogP contribution in [0, 0.1) is 20.8 Å². The van der Waals surface area contributed by atoms with Crippen LogP contribution >= 0.6 is 0 Å². The molecule has 0 aliphatic rings. The van der Waals surface area contributed by atoms with Crippen molar-refractivity contribution in [1.82, 2.24) is 24.5 Å². The van der Waals surface area contributed by atoms with Crippen molar-refractivity contribution < 1.29 is 8.42 Å². The molecule has 3 aromatic rings. The number of anilines is 1. The Bertz CT molecular complexity index is 1100. The molecule has 1 aromatic carbocycles. The molecule has 8 nitrogen and oxygen atoms in total. The summed E-state index contributed by atoms with van der Waals surface area (Å²) >= 11 is 0. The van der Waals surface area contributed by atoms with Crippen molar-refractivity contribution in [3.8, 4) is 5.82 Å². The lowest BCUT2D eigenvalue weighted by molar-refractivity contribution is 0.592. The molecule has 152 valence electrons. The molecule has 0 bridgehead atoms. The Hall–Kier alpha value is -3.04. The van der Waals surface area contributed by atoms with Crippen molar-refractivity contribution in [1.29, 1.82) is 0 Å². The molecule has 0 aliphatic heterocycles. The van der Waals surface area contributed by atoms with E-state index in [1.54, 1.807) is 16.8 Å². The third kappa shape index (κ3) is 5.97. The molecule has 2 heterocycles. The third-order valence-electron chi connectivity index (χ3n) is 4.13. The van der Waals surface area contributed by atoms with Gasteiger partial charge in [0.05, 0.1) is 5.69 Å². The summed E-state index contributed by atoms with van der Waals surface area (Å²) in [5, 5.41) is 8.66. The molecule has 0 radical (unpaired) electrons. The van der Waals surface area contributed by atoms with E-state index in [-0.39, 0.29) is 6.54 Å². The molecule has 0 spiro atoms. The molecule has 3 rings (SSSR count). The largest absolute Gasteiger partial charge is 0.369 e. The van der Waals surface area contributed by atoms with Crippen LogP contribution in [-0.4, -0.2) is 41.3 Å². The van der Waals surface area contributed by atoms with Crippen molar-refractivity contribution in [3.05, 3.63) is 70.6 Å². The summed E-state index contributed by atoms with van der Waals surface area (Å²) in [6, 6.07) is 11.4. The summed E-state index contributed by atoms with van der Waals surface area (Å²) in [6.07, 6.45) is 3.02. The summed E-state index contributed by atoms with van der Waals surface area (Å²) in [5.41, 5.74) is 3.83. The molecule has 0 atom stereocenters. The zero-order valence-electron chi connectivity index (χ0n) is 16.6. The van der Waals surface area contributed by atoms with Crippen molar-refractivity contribution >= 4 is 21.9 Å². The number of aryl methyl sites for hydroxylation is 3. The maximum absolute atomic E-state index is 12.1. The molecule has 9 heteroatoms. The molecule has 0 fully saturated rings. The number of hydrogen-bond acceptors (Lipinski definition) is 6. The lowest BCUT2D eigenvalue weighted by Gasteiger charge is -2.08. The van der Waals surface area contributed by atoms with Gasteiger partial charge in [-0.2, -0.15) is 5.10 Å². The second kappa shape index (κ2) is 8.97. The lowest BCUT2D eigenvalue weighted by atomic mass is 10.2. The molecule has 0 aliphatic carbocycles. The van der Waals surface area contributed by atoms with Crippen LogP contribution in [0.5, 0.6) is 0 Å². The van der Waals surface area contributed by atoms with Gasteiger partial charge in [-0.15, -0.1) is 0 Å². The first-order chi connectivity index (χ1) is 13.8. The maximum atomic E-state index is 12.1. The highest BCUT2D eigenvalue weighted by Crippen LogP contribution is 2.12. The van der Waals surface area contributed by atoms with Gasteiger partial charge in [0.15, 0.2) is 5.82 Å². The minimum atomic E-state index is -3.52. The van der Waals surface area contributed by atoms with Crippen LogP contribution in [0.1, 0.15) is 22.5 Å². The first kappa shape index (κ1) is 20.7. The van der Waals surface area contributed by atoms with Gasteiger partial charge in [-0.25, -0.2) is 27.8 Å². The van der Waals surface area contributed by atoms with Gasteiger partial charge in [0.25, 0.3) is 0 Å². The lowest BCUT2D eigenvalue weighted by Crippen LogP contribution is -2.27. The van der Waals surface area contributed by atoms with E-state index in [0.29, 0.717) is 18.2 Å². The van der Waals surface area contributed by atoms with Crippen molar-refractivity contribution in [3.63, 3.8) is 0 Å². The van der Waals surface area contributed by atoms with Crippen molar-refractivity contribution in [2.75, 3.05) is 18.4 Å². The summed E-state index contributed by atoms with van der Waals surface area (Å²) in [4.78, 5) is 8.40. The van der Waals surface area contributed by atoms with Crippen LogP contribution in [0.15, 0.2) is 48.1 Å². The number of hydrogen-bond donors (Lipinski definition) is 2. The predicted molar refractivity (Wildman–Crippen MR) is 114 cm³/mol. The molecule has 0 unspecified atom stereocenters.